The van der Waals surface area contributed by atoms with Gasteiger partial charge in [0.05, 0.1) is 5.69 Å². The fourth-order valence-corrected chi connectivity index (χ4v) is 2.45. The van der Waals surface area contributed by atoms with Crippen molar-refractivity contribution in [1.82, 2.24) is 9.55 Å². The highest BCUT2D eigenvalue weighted by Crippen LogP contribution is 2.19. The fourth-order valence-electron chi connectivity index (χ4n) is 2.45. The summed E-state index contributed by atoms with van der Waals surface area (Å²) in [5.74, 6) is 1.70. The molecule has 1 N–H and O–H groups in total. The van der Waals surface area contributed by atoms with Crippen molar-refractivity contribution < 1.29 is 9.47 Å². The molecule has 1 aromatic rings. The van der Waals surface area contributed by atoms with Crippen LogP contribution in [0.3, 0.4) is 0 Å². The first-order valence-electron chi connectivity index (χ1n) is 7.14. The van der Waals surface area contributed by atoms with Gasteiger partial charge in [0, 0.05) is 46.2 Å². The summed E-state index contributed by atoms with van der Waals surface area (Å²) in [6.45, 7) is 6.56. The molecule has 0 unspecified atom stereocenters. The highest BCUT2D eigenvalue weighted by atomic mass is 16.5. The standard InChI is InChI=1S/C14H25N3O2/c1-12-10-17(11-13-4-8-19-9-5-13)14(16-12)15-6-3-7-18-2/h10,13H,3-9,11H2,1-2H3,(H,15,16). The molecular formula is C14H25N3O2. The minimum atomic E-state index is 0.710. The maximum absolute atomic E-state index is 5.41. The highest BCUT2D eigenvalue weighted by molar-refractivity contribution is 5.28. The molecule has 19 heavy (non-hydrogen) atoms. The van der Waals surface area contributed by atoms with Gasteiger partial charge in [-0.3, -0.25) is 0 Å². The molecule has 1 fully saturated rings. The van der Waals surface area contributed by atoms with Gasteiger partial charge in [-0.15, -0.1) is 0 Å². The molecule has 0 spiro atoms. The maximum Gasteiger partial charge on any atom is 0.203 e. The van der Waals surface area contributed by atoms with Gasteiger partial charge in [0.2, 0.25) is 5.95 Å². The SMILES string of the molecule is COCCCNc1nc(C)cn1CC1CCOCC1. The van der Waals surface area contributed by atoms with Crippen LogP contribution in [-0.2, 0) is 16.0 Å². The topological polar surface area (TPSA) is 48.3 Å². The van der Waals surface area contributed by atoms with E-state index in [-0.39, 0.29) is 0 Å². The van der Waals surface area contributed by atoms with Crippen molar-refractivity contribution in [2.45, 2.75) is 32.7 Å². The number of methoxy groups -OCH3 is 1. The van der Waals surface area contributed by atoms with E-state index in [1.807, 2.05) is 6.92 Å². The maximum atomic E-state index is 5.41. The summed E-state index contributed by atoms with van der Waals surface area (Å²) in [4.78, 5) is 4.55. The lowest BCUT2D eigenvalue weighted by molar-refractivity contribution is 0.0614. The van der Waals surface area contributed by atoms with Gasteiger partial charge < -0.3 is 19.4 Å². The van der Waals surface area contributed by atoms with Crippen molar-refractivity contribution in [3.63, 3.8) is 0 Å². The summed E-state index contributed by atoms with van der Waals surface area (Å²) in [5, 5.41) is 3.40. The Bertz CT molecular complexity index is 373. The number of nitrogens with one attached hydrogen (secondary N) is 1. The Morgan fingerprint density at radius 2 is 2.26 bits per heavy atom. The Hall–Kier alpha value is -1.07. The van der Waals surface area contributed by atoms with Crippen LogP contribution in [0.25, 0.3) is 0 Å². The van der Waals surface area contributed by atoms with Crippen LogP contribution in [0, 0.1) is 12.8 Å². The molecular weight excluding hydrogens is 242 g/mol. The van der Waals surface area contributed by atoms with Crippen LogP contribution in [0.1, 0.15) is 25.0 Å². The molecule has 0 saturated carbocycles. The summed E-state index contributed by atoms with van der Waals surface area (Å²) in [6.07, 6.45) is 5.44. The van der Waals surface area contributed by atoms with Crippen LogP contribution >= 0.6 is 0 Å². The van der Waals surface area contributed by atoms with E-state index in [0.717, 1.165) is 63.8 Å². The van der Waals surface area contributed by atoms with Gasteiger partial charge in [0.25, 0.3) is 0 Å². The van der Waals surface area contributed by atoms with Crippen LogP contribution in [-0.4, -0.2) is 43.0 Å². The van der Waals surface area contributed by atoms with E-state index in [2.05, 4.69) is 21.1 Å². The Kier molecular flexibility index (Phi) is 5.66. The second-order valence-corrected chi connectivity index (χ2v) is 5.19. The minimum Gasteiger partial charge on any atom is -0.385 e. The molecule has 2 rings (SSSR count). The summed E-state index contributed by atoms with van der Waals surface area (Å²) in [6, 6.07) is 0. The number of hydrogen-bond acceptors (Lipinski definition) is 4. The molecule has 1 aromatic heterocycles. The number of anilines is 1. The van der Waals surface area contributed by atoms with E-state index >= 15 is 0 Å². The quantitative estimate of drug-likeness (QED) is 0.768. The fraction of sp³-hybridized carbons (Fsp3) is 0.786. The average Bonchev–Trinajstić information content (AvgIpc) is 2.76. The second-order valence-electron chi connectivity index (χ2n) is 5.19. The third-order valence-electron chi connectivity index (χ3n) is 3.50. The molecule has 0 aromatic carbocycles. The summed E-state index contributed by atoms with van der Waals surface area (Å²) >= 11 is 0. The van der Waals surface area contributed by atoms with Crippen molar-refractivity contribution in [1.29, 1.82) is 0 Å². The first-order chi connectivity index (χ1) is 9.29. The summed E-state index contributed by atoms with van der Waals surface area (Å²) in [7, 11) is 1.73. The van der Waals surface area contributed by atoms with E-state index in [9.17, 15) is 0 Å². The van der Waals surface area contributed by atoms with E-state index in [1.54, 1.807) is 7.11 Å². The Labute approximate surface area is 115 Å². The zero-order valence-corrected chi connectivity index (χ0v) is 12.0. The van der Waals surface area contributed by atoms with Crippen molar-refractivity contribution in [3.8, 4) is 0 Å². The lowest BCUT2D eigenvalue weighted by Gasteiger charge is -2.23. The third-order valence-corrected chi connectivity index (χ3v) is 3.50. The van der Waals surface area contributed by atoms with E-state index < -0.39 is 0 Å². The molecule has 108 valence electrons. The molecule has 0 amide bonds. The monoisotopic (exact) mass is 267 g/mol. The lowest BCUT2D eigenvalue weighted by atomic mass is 10.0. The zero-order chi connectivity index (χ0) is 13.5. The predicted octanol–water partition coefficient (Wildman–Crippen LogP) is 2.07. The molecule has 0 atom stereocenters. The van der Waals surface area contributed by atoms with E-state index in [1.165, 1.54) is 0 Å². The van der Waals surface area contributed by atoms with E-state index in [0.29, 0.717) is 5.92 Å². The van der Waals surface area contributed by atoms with Gasteiger partial charge in [-0.05, 0) is 32.1 Å². The Morgan fingerprint density at radius 3 is 3.00 bits per heavy atom. The van der Waals surface area contributed by atoms with Crippen LogP contribution in [0.5, 0.6) is 0 Å². The van der Waals surface area contributed by atoms with Crippen LogP contribution in [0.2, 0.25) is 0 Å². The van der Waals surface area contributed by atoms with Gasteiger partial charge >= 0.3 is 0 Å². The number of aryl methyl sites for hydroxylation is 1. The van der Waals surface area contributed by atoms with Crippen LogP contribution in [0.15, 0.2) is 6.20 Å². The molecule has 5 heteroatoms. The van der Waals surface area contributed by atoms with E-state index in [4.69, 9.17) is 9.47 Å². The van der Waals surface area contributed by atoms with Crippen molar-refractivity contribution in [2.24, 2.45) is 5.92 Å². The first kappa shape index (κ1) is 14.3. The Balaban J connectivity index is 1.87. The van der Waals surface area contributed by atoms with Gasteiger partial charge in [-0.2, -0.15) is 0 Å². The summed E-state index contributed by atoms with van der Waals surface area (Å²) in [5.41, 5.74) is 1.07. The van der Waals surface area contributed by atoms with Crippen LogP contribution in [0.4, 0.5) is 5.95 Å². The number of hydrogen-bond donors (Lipinski definition) is 1. The molecule has 1 aliphatic heterocycles. The Morgan fingerprint density at radius 1 is 1.47 bits per heavy atom. The molecule has 0 aliphatic carbocycles. The van der Waals surface area contributed by atoms with Gasteiger partial charge in [0.1, 0.15) is 0 Å². The molecule has 0 radical (unpaired) electrons. The van der Waals surface area contributed by atoms with Gasteiger partial charge in [-0.25, -0.2) is 4.98 Å². The van der Waals surface area contributed by atoms with Crippen molar-refractivity contribution in [3.05, 3.63) is 11.9 Å². The molecule has 1 aliphatic rings. The molecule has 5 nitrogen and oxygen atoms in total. The number of rotatable bonds is 7. The van der Waals surface area contributed by atoms with Crippen molar-refractivity contribution in [2.75, 3.05) is 38.8 Å². The number of imidazole rings is 1. The lowest BCUT2D eigenvalue weighted by Crippen LogP contribution is -2.21. The average molecular weight is 267 g/mol. The smallest absolute Gasteiger partial charge is 0.203 e. The van der Waals surface area contributed by atoms with Gasteiger partial charge in [0.15, 0.2) is 0 Å². The molecule has 2 heterocycles. The summed E-state index contributed by atoms with van der Waals surface area (Å²) < 4.78 is 12.7. The number of ether oxygens (including phenoxy) is 2. The zero-order valence-electron chi connectivity index (χ0n) is 12.0. The molecule has 1 saturated heterocycles. The van der Waals surface area contributed by atoms with Crippen LogP contribution < -0.4 is 5.32 Å². The largest absolute Gasteiger partial charge is 0.385 e. The first-order valence-corrected chi connectivity index (χ1v) is 7.14. The van der Waals surface area contributed by atoms with Crippen molar-refractivity contribution >= 4 is 5.95 Å². The minimum absolute atomic E-state index is 0.710. The third kappa shape index (κ3) is 4.51. The second kappa shape index (κ2) is 7.50. The predicted molar refractivity (Wildman–Crippen MR) is 75.5 cm³/mol. The highest BCUT2D eigenvalue weighted by Gasteiger charge is 2.16. The molecule has 0 bridgehead atoms. The van der Waals surface area contributed by atoms with Gasteiger partial charge in [-0.1, -0.05) is 0 Å². The normalized spacial score (nSPS) is 16.7. The number of nitrogens with zero attached hydrogens (tertiary/aromatic N) is 2. The number of aromatic nitrogens is 2.